The smallest absolute Gasteiger partial charge is 0.0957 e. The molecule has 0 aliphatic rings. The van der Waals surface area contributed by atoms with Crippen LogP contribution in [0.1, 0.15) is 5.69 Å². The molecule has 0 amide bonds. The average molecular weight is 152 g/mol. The van der Waals surface area contributed by atoms with E-state index in [0.717, 1.165) is 5.69 Å². The Balaban J connectivity index is 2.82. The monoisotopic (exact) mass is 152 g/mol. The summed E-state index contributed by atoms with van der Waals surface area (Å²) in [7, 11) is 0. The van der Waals surface area contributed by atoms with Crippen LogP contribution in [0, 0.1) is 12.3 Å². The molecule has 52 valence electrons. The van der Waals surface area contributed by atoms with Gasteiger partial charge in [0.15, 0.2) is 0 Å². The molecule has 0 atom stereocenters. The minimum atomic E-state index is 0.579. The topological polar surface area (TPSA) is 17.8 Å². The van der Waals surface area contributed by atoms with Crippen molar-refractivity contribution in [2.45, 2.75) is 12.3 Å². The molecule has 1 aromatic heterocycles. The highest BCUT2D eigenvalue weighted by atomic mass is 32.1. The number of terminal acetylenes is 1. The Morgan fingerprint density at radius 2 is 2.60 bits per heavy atom. The van der Waals surface area contributed by atoms with E-state index in [1.54, 1.807) is 12.5 Å². The van der Waals surface area contributed by atoms with Gasteiger partial charge in [0, 0.05) is 17.6 Å². The van der Waals surface area contributed by atoms with Crippen LogP contribution < -0.4 is 0 Å². The first-order valence-electron chi connectivity index (χ1n) is 2.92. The zero-order chi connectivity index (χ0) is 7.40. The van der Waals surface area contributed by atoms with Crippen LogP contribution in [0.5, 0.6) is 0 Å². The molecule has 1 heterocycles. The second-order valence-corrected chi connectivity index (χ2v) is 2.19. The Morgan fingerprint density at radius 1 is 1.80 bits per heavy atom. The molecule has 0 unspecified atom stereocenters. The first kappa shape index (κ1) is 7.23. The zero-order valence-electron chi connectivity index (χ0n) is 5.49. The SMILES string of the molecule is C#CCn1cncc1CS. The first-order valence-corrected chi connectivity index (χ1v) is 3.55. The van der Waals surface area contributed by atoms with Crippen molar-refractivity contribution in [1.29, 1.82) is 0 Å². The van der Waals surface area contributed by atoms with Gasteiger partial charge in [-0.05, 0) is 0 Å². The summed E-state index contributed by atoms with van der Waals surface area (Å²) in [4.78, 5) is 3.93. The minimum Gasteiger partial charge on any atom is -0.322 e. The summed E-state index contributed by atoms with van der Waals surface area (Å²) in [6.45, 7) is 0.579. The summed E-state index contributed by atoms with van der Waals surface area (Å²) >= 11 is 4.11. The van der Waals surface area contributed by atoms with Crippen molar-refractivity contribution in [1.82, 2.24) is 9.55 Å². The molecule has 0 fully saturated rings. The lowest BCUT2D eigenvalue weighted by atomic mass is 10.5. The van der Waals surface area contributed by atoms with Crippen LogP contribution in [0.15, 0.2) is 12.5 Å². The molecule has 1 rings (SSSR count). The Hall–Kier alpha value is -0.880. The molecular weight excluding hydrogens is 144 g/mol. The fourth-order valence-electron chi connectivity index (χ4n) is 0.721. The molecule has 1 aromatic rings. The van der Waals surface area contributed by atoms with E-state index < -0.39 is 0 Å². The summed E-state index contributed by atoms with van der Waals surface area (Å²) in [5, 5.41) is 0. The maximum Gasteiger partial charge on any atom is 0.0957 e. The van der Waals surface area contributed by atoms with Gasteiger partial charge in [0.05, 0.1) is 12.9 Å². The number of thiol groups is 1. The number of hydrogen-bond acceptors (Lipinski definition) is 2. The van der Waals surface area contributed by atoms with E-state index in [1.165, 1.54) is 0 Å². The van der Waals surface area contributed by atoms with Gasteiger partial charge in [-0.25, -0.2) is 4.98 Å². The first-order chi connectivity index (χ1) is 4.88. The van der Waals surface area contributed by atoms with Crippen molar-refractivity contribution >= 4 is 12.6 Å². The summed E-state index contributed by atoms with van der Waals surface area (Å²) < 4.78 is 1.90. The Morgan fingerprint density at radius 3 is 3.20 bits per heavy atom. The fourth-order valence-corrected chi connectivity index (χ4v) is 0.984. The summed E-state index contributed by atoms with van der Waals surface area (Å²) in [5.74, 6) is 3.22. The molecule has 3 heteroatoms. The van der Waals surface area contributed by atoms with Gasteiger partial charge in [-0.15, -0.1) is 6.42 Å². The highest BCUT2D eigenvalue weighted by Crippen LogP contribution is 2.01. The van der Waals surface area contributed by atoms with Crippen molar-refractivity contribution in [2.75, 3.05) is 0 Å². The fraction of sp³-hybridized carbons (Fsp3) is 0.286. The molecule has 0 N–H and O–H groups in total. The van der Waals surface area contributed by atoms with E-state index >= 15 is 0 Å². The van der Waals surface area contributed by atoms with Gasteiger partial charge in [-0.2, -0.15) is 12.6 Å². The van der Waals surface area contributed by atoms with E-state index in [1.807, 2.05) is 4.57 Å². The van der Waals surface area contributed by atoms with E-state index in [9.17, 15) is 0 Å². The quantitative estimate of drug-likeness (QED) is 0.493. The van der Waals surface area contributed by atoms with Gasteiger partial charge in [-0.1, -0.05) is 5.92 Å². The van der Waals surface area contributed by atoms with Crippen molar-refractivity contribution in [2.24, 2.45) is 0 Å². The standard InChI is InChI=1S/C7H8N2S/c1-2-3-9-6-8-4-7(9)5-10/h1,4,6,10H,3,5H2. The van der Waals surface area contributed by atoms with Gasteiger partial charge in [0.1, 0.15) is 0 Å². The summed E-state index contributed by atoms with van der Waals surface area (Å²) in [6.07, 6.45) is 8.60. The van der Waals surface area contributed by atoms with Crippen LogP contribution in [0.4, 0.5) is 0 Å². The van der Waals surface area contributed by atoms with Crippen LogP contribution >= 0.6 is 12.6 Å². The van der Waals surface area contributed by atoms with Crippen LogP contribution in [0.2, 0.25) is 0 Å². The third-order valence-corrected chi connectivity index (χ3v) is 1.55. The predicted octanol–water partition coefficient (Wildman–Crippen LogP) is 0.946. The molecule has 0 aromatic carbocycles. The molecule has 0 spiro atoms. The third-order valence-electron chi connectivity index (χ3n) is 1.22. The normalized spacial score (nSPS) is 9.20. The van der Waals surface area contributed by atoms with Gasteiger partial charge >= 0.3 is 0 Å². The van der Waals surface area contributed by atoms with Crippen molar-refractivity contribution in [3.8, 4) is 12.3 Å². The number of aromatic nitrogens is 2. The van der Waals surface area contributed by atoms with Gasteiger partial charge in [-0.3, -0.25) is 0 Å². The minimum absolute atomic E-state index is 0.579. The average Bonchev–Trinajstić information content (AvgIpc) is 2.36. The molecule has 0 saturated carbocycles. The lowest BCUT2D eigenvalue weighted by molar-refractivity contribution is 0.804. The second kappa shape index (κ2) is 3.33. The predicted molar refractivity (Wildman–Crippen MR) is 43.8 cm³/mol. The Labute approximate surface area is 65.7 Å². The Kier molecular flexibility index (Phi) is 2.41. The van der Waals surface area contributed by atoms with E-state index in [4.69, 9.17) is 6.42 Å². The van der Waals surface area contributed by atoms with Crippen molar-refractivity contribution in [3.05, 3.63) is 18.2 Å². The highest BCUT2D eigenvalue weighted by molar-refractivity contribution is 7.79. The van der Waals surface area contributed by atoms with Crippen molar-refractivity contribution < 1.29 is 0 Å². The van der Waals surface area contributed by atoms with Crippen LogP contribution in [-0.4, -0.2) is 9.55 Å². The second-order valence-electron chi connectivity index (χ2n) is 1.88. The van der Waals surface area contributed by atoms with Gasteiger partial charge in [0.2, 0.25) is 0 Å². The molecule has 0 saturated heterocycles. The van der Waals surface area contributed by atoms with Crippen LogP contribution in [0.25, 0.3) is 0 Å². The van der Waals surface area contributed by atoms with Gasteiger partial charge < -0.3 is 4.57 Å². The van der Waals surface area contributed by atoms with Gasteiger partial charge in [0.25, 0.3) is 0 Å². The third kappa shape index (κ3) is 1.34. The van der Waals surface area contributed by atoms with E-state index in [2.05, 4.69) is 23.5 Å². The van der Waals surface area contributed by atoms with Crippen LogP contribution in [-0.2, 0) is 12.3 Å². The number of nitrogens with zero attached hydrogens (tertiary/aromatic N) is 2. The largest absolute Gasteiger partial charge is 0.322 e. The Bertz CT molecular complexity index is 246. The molecule has 0 aliphatic heterocycles. The highest BCUT2D eigenvalue weighted by Gasteiger charge is 1.95. The summed E-state index contributed by atoms with van der Waals surface area (Å²) in [5.41, 5.74) is 1.06. The molecule has 0 bridgehead atoms. The number of hydrogen-bond donors (Lipinski definition) is 1. The molecule has 2 nitrogen and oxygen atoms in total. The van der Waals surface area contributed by atoms with E-state index in [0.29, 0.717) is 12.3 Å². The maximum atomic E-state index is 5.12. The summed E-state index contributed by atoms with van der Waals surface area (Å²) in [6, 6.07) is 0. The zero-order valence-corrected chi connectivity index (χ0v) is 6.38. The lowest BCUT2D eigenvalue weighted by Crippen LogP contribution is -1.97. The molecule has 0 aliphatic carbocycles. The number of rotatable bonds is 2. The molecule has 10 heavy (non-hydrogen) atoms. The number of imidazole rings is 1. The molecule has 0 radical (unpaired) electrons. The van der Waals surface area contributed by atoms with Crippen molar-refractivity contribution in [3.63, 3.8) is 0 Å². The van der Waals surface area contributed by atoms with E-state index in [-0.39, 0.29) is 0 Å². The van der Waals surface area contributed by atoms with Crippen LogP contribution in [0.3, 0.4) is 0 Å². The molecular formula is C7H8N2S. The lowest BCUT2D eigenvalue weighted by Gasteiger charge is -1.98. The maximum absolute atomic E-state index is 5.12.